The number of carboxylic acids is 1. The van der Waals surface area contributed by atoms with Crippen LogP contribution >= 0.6 is 15.9 Å². The van der Waals surface area contributed by atoms with Crippen molar-refractivity contribution in [1.29, 1.82) is 0 Å². The maximum atomic E-state index is 11.9. The van der Waals surface area contributed by atoms with Crippen molar-refractivity contribution in [3.63, 3.8) is 0 Å². The summed E-state index contributed by atoms with van der Waals surface area (Å²) in [5, 5.41) is 11.3. The van der Waals surface area contributed by atoms with Crippen LogP contribution in [0.3, 0.4) is 0 Å². The predicted octanol–water partition coefficient (Wildman–Crippen LogP) is 1.59. The second kappa shape index (κ2) is 6.51. The van der Waals surface area contributed by atoms with Gasteiger partial charge in [-0.15, -0.1) is 0 Å². The molecule has 0 aromatic heterocycles. The Bertz CT molecular complexity index is 461. The van der Waals surface area contributed by atoms with Gasteiger partial charge >= 0.3 is 5.97 Å². The van der Waals surface area contributed by atoms with Gasteiger partial charge in [-0.1, -0.05) is 12.1 Å². The molecule has 98 valence electrons. The number of nitrogens with one attached hydrogen (secondary N) is 1. The zero-order valence-corrected chi connectivity index (χ0v) is 11.7. The fraction of sp³-hybridized carbons (Fsp3) is 0.333. The molecule has 0 aliphatic carbocycles. The van der Waals surface area contributed by atoms with Gasteiger partial charge in [0.2, 0.25) is 0 Å². The quantitative estimate of drug-likeness (QED) is 0.865. The van der Waals surface area contributed by atoms with Gasteiger partial charge in [0, 0.05) is 11.6 Å². The molecule has 0 bridgehead atoms. The monoisotopic (exact) mass is 315 g/mol. The van der Waals surface area contributed by atoms with Crippen molar-refractivity contribution in [1.82, 2.24) is 5.32 Å². The van der Waals surface area contributed by atoms with Gasteiger partial charge in [-0.2, -0.15) is 0 Å². The highest BCUT2D eigenvalue weighted by molar-refractivity contribution is 9.10. The smallest absolute Gasteiger partial charge is 0.328 e. The number of amides is 1. The van der Waals surface area contributed by atoms with E-state index in [1.165, 1.54) is 7.11 Å². The lowest BCUT2D eigenvalue weighted by Crippen LogP contribution is -2.43. The van der Waals surface area contributed by atoms with E-state index >= 15 is 0 Å². The second-order valence-corrected chi connectivity index (χ2v) is 4.55. The summed E-state index contributed by atoms with van der Waals surface area (Å²) in [4.78, 5) is 22.8. The molecule has 2 N–H and O–H groups in total. The highest BCUT2D eigenvalue weighted by Crippen LogP contribution is 2.20. The number of ether oxygens (including phenoxy) is 1. The van der Waals surface area contributed by atoms with Crippen LogP contribution in [0, 0.1) is 6.92 Å². The molecular formula is C12H14BrNO4. The third-order valence-electron chi connectivity index (χ3n) is 2.37. The van der Waals surface area contributed by atoms with E-state index in [1.807, 2.05) is 13.0 Å². The summed E-state index contributed by atoms with van der Waals surface area (Å²) in [6.45, 7) is 1.77. The third kappa shape index (κ3) is 3.54. The van der Waals surface area contributed by atoms with Crippen LogP contribution in [0.25, 0.3) is 0 Å². The van der Waals surface area contributed by atoms with E-state index in [0.29, 0.717) is 10.0 Å². The zero-order chi connectivity index (χ0) is 13.7. The maximum Gasteiger partial charge on any atom is 0.328 e. The number of benzene rings is 1. The summed E-state index contributed by atoms with van der Waals surface area (Å²) in [6, 6.07) is 4.15. The molecule has 1 aromatic rings. The minimum Gasteiger partial charge on any atom is -0.480 e. The average Bonchev–Trinajstić information content (AvgIpc) is 2.31. The van der Waals surface area contributed by atoms with Crippen molar-refractivity contribution >= 4 is 27.8 Å². The van der Waals surface area contributed by atoms with Crippen LogP contribution in [0.5, 0.6) is 0 Å². The summed E-state index contributed by atoms with van der Waals surface area (Å²) in [5.41, 5.74) is 1.30. The molecule has 5 nitrogen and oxygen atoms in total. The molecule has 1 amide bonds. The Morgan fingerprint density at radius 2 is 2.17 bits per heavy atom. The standard InChI is InChI=1S/C12H14BrNO4/c1-7-4-3-5-8(10(7)13)11(15)14-9(6-18-2)12(16)17/h3-5,9H,6H2,1-2H3,(H,14,15)(H,16,17). The van der Waals surface area contributed by atoms with Crippen molar-refractivity contribution in [2.24, 2.45) is 0 Å². The fourth-order valence-corrected chi connectivity index (χ4v) is 1.84. The van der Waals surface area contributed by atoms with Crippen LogP contribution in [-0.2, 0) is 9.53 Å². The largest absolute Gasteiger partial charge is 0.480 e. The number of carbonyl (C=O) groups excluding carboxylic acids is 1. The SMILES string of the molecule is COCC(NC(=O)c1cccc(C)c1Br)C(=O)O. The normalized spacial score (nSPS) is 11.9. The molecule has 0 spiro atoms. The number of carboxylic acid groups (broad SMARTS) is 1. The van der Waals surface area contributed by atoms with Gasteiger partial charge in [-0.25, -0.2) is 4.79 Å². The van der Waals surface area contributed by atoms with Gasteiger partial charge in [0.25, 0.3) is 5.91 Å². The topological polar surface area (TPSA) is 75.6 Å². The highest BCUT2D eigenvalue weighted by atomic mass is 79.9. The van der Waals surface area contributed by atoms with Gasteiger partial charge in [-0.05, 0) is 34.5 Å². The van der Waals surface area contributed by atoms with Crippen molar-refractivity contribution in [2.75, 3.05) is 13.7 Å². The highest BCUT2D eigenvalue weighted by Gasteiger charge is 2.21. The molecule has 0 heterocycles. The van der Waals surface area contributed by atoms with Crippen LogP contribution in [-0.4, -0.2) is 36.7 Å². The first-order valence-corrected chi connectivity index (χ1v) is 6.04. The lowest BCUT2D eigenvalue weighted by molar-refractivity contribution is -0.140. The molecule has 1 rings (SSSR count). The first-order chi connectivity index (χ1) is 8.47. The molecule has 1 aromatic carbocycles. The Balaban J connectivity index is 2.87. The lowest BCUT2D eigenvalue weighted by atomic mass is 10.1. The Morgan fingerprint density at radius 1 is 1.50 bits per heavy atom. The van der Waals surface area contributed by atoms with E-state index in [4.69, 9.17) is 9.84 Å². The van der Waals surface area contributed by atoms with Crippen LogP contribution in [0.4, 0.5) is 0 Å². The van der Waals surface area contributed by atoms with Crippen molar-refractivity contribution in [3.05, 3.63) is 33.8 Å². The zero-order valence-electron chi connectivity index (χ0n) is 10.1. The average molecular weight is 316 g/mol. The molecule has 0 aliphatic heterocycles. The summed E-state index contributed by atoms with van der Waals surface area (Å²) in [7, 11) is 1.38. The third-order valence-corrected chi connectivity index (χ3v) is 3.43. The first kappa shape index (κ1) is 14.7. The van der Waals surface area contributed by atoms with Crippen LogP contribution in [0.1, 0.15) is 15.9 Å². The second-order valence-electron chi connectivity index (χ2n) is 3.76. The number of hydrogen-bond acceptors (Lipinski definition) is 3. The predicted molar refractivity (Wildman–Crippen MR) is 69.6 cm³/mol. The molecule has 0 saturated carbocycles. The fourth-order valence-electron chi connectivity index (χ4n) is 1.40. The molecular weight excluding hydrogens is 302 g/mol. The van der Waals surface area contributed by atoms with E-state index in [-0.39, 0.29) is 6.61 Å². The number of aryl methyl sites for hydroxylation is 1. The molecule has 0 radical (unpaired) electrons. The van der Waals surface area contributed by atoms with Gasteiger partial charge < -0.3 is 15.2 Å². The van der Waals surface area contributed by atoms with Gasteiger partial charge in [-0.3, -0.25) is 4.79 Å². The Kier molecular flexibility index (Phi) is 5.30. The summed E-state index contributed by atoms with van der Waals surface area (Å²) in [6.07, 6.45) is 0. The summed E-state index contributed by atoms with van der Waals surface area (Å²) >= 11 is 3.31. The number of rotatable bonds is 5. The summed E-state index contributed by atoms with van der Waals surface area (Å²) < 4.78 is 5.41. The van der Waals surface area contributed by atoms with Gasteiger partial charge in [0.1, 0.15) is 0 Å². The Hall–Kier alpha value is -1.40. The number of aliphatic carboxylic acids is 1. The van der Waals surface area contributed by atoms with Crippen LogP contribution in [0.15, 0.2) is 22.7 Å². The summed E-state index contributed by atoms with van der Waals surface area (Å²) in [5.74, 6) is -1.58. The number of methoxy groups -OCH3 is 1. The number of halogens is 1. The Morgan fingerprint density at radius 3 is 2.72 bits per heavy atom. The van der Waals surface area contributed by atoms with E-state index in [9.17, 15) is 9.59 Å². The van der Waals surface area contributed by atoms with Crippen molar-refractivity contribution in [2.45, 2.75) is 13.0 Å². The van der Waals surface area contributed by atoms with Crippen LogP contribution in [0.2, 0.25) is 0 Å². The Labute approximate surface area is 113 Å². The van der Waals surface area contributed by atoms with E-state index in [0.717, 1.165) is 5.56 Å². The molecule has 1 atom stereocenters. The van der Waals surface area contributed by atoms with E-state index in [1.54, 1.807) is 12.1 Å². The molecule has 18 heavy (non-hydrogen) atoms. The molecule has 0 fully saturated rings. The van der Waals surface area contributed by atoms with Crippen molar-refractivity contribution < 1.29 is 19.4 Å². The molecule has 6 heteroatoms. The maximum absolute atomic E-state index is 11.9. The van der Waals surface area contributed by atoms with E-state index in [2.05, 4.69) is 21.2 Å². The molecule has 0 aliphatic rings. The number of hydrogen-bond donors (Lipinski definition) is 2. The lowest BCUT2D eigenvalue weighted by Gasteiger charge is -2.14. The minimum absolute atomic E-state index is 0.0789. The molecule has 0 saturated heterocycles. The minimum atomic E-state index is -1.13. The van der Waals surface area contributed by atoms with Crippen LogP contribution < -0.4 is 5.32 Å². The first-order valence-electron chi connectivity index (χ1n) is 5.25. The number of carbonyl (C=O) groups is 2. The van der Waals surface area contributed by atoms with Gasteiger partial charge in [0.05, 0.1) is 12.2 Å². The van der Waals surface area contributed by atoms with E-state index < -0.39 is 17.9 Å². The van der Waals surface area contributed by atoms with Gasteiger partial charge in [0.15, 0.2) is 6.04 Å². The van der Waals surface area contributed by atoms with Crippen molar-refractivity contribution in [3.8, 4) is 0 Å². The molecule has 1 unspecified atom stereocenters.